The highest BCUT2D eigenvalue weighted by Crippen LogP contribution is 2.25. The van der Waals surface area contributed by atoms with E-state index in [0.717, 1.165) is 28.4 Å². The van der Waals surface area contributed by atoms with E-state index in [1.165, 1.54) is 7.05 Å². The third-order valence-electron chi connectivity index (χ3n) is 3.33. The van der Waals surface area contributed by atoms with Crippen LogP contribution in [0, 0.1) is 0 Å². The molecule has 1 aliphatic rings. The van der Waals surface area contributed by atoms with Gasteiger partial charge in [-0.05, 0) is 12.8 Å². The zero-order chi connectivity index (χ0) is 18.3. The third-order valence-corrected chi connectivity index (χ3v) is 3.33. The fourth-order valence-corrected chi connectivity index (χ4v) is 2.39. The molecular weight excluding hydrogens is 232 g/mol. The predicted molar refractivity (Wildman–Crippen MR) is 70.2 cm³/mol. The maximum Gasteiger partial charge on any atom is 0.355 e. The molecule has 0 unspecified atom stereocenters. The number of anilines is 1. The highest BCUT2D eigenvalue weighted by atomic mass is 16.2. The molecular formula is C12H20N4O2. The van der Waals surface area contributed by atoms with Gasteiger partial charge in [-0.2, -0.15) is 4.98 Å². The van der Waals surface area contributed by atoms with Crippen molar-refractivity contribution in [1.82, 2.24) is 14.1 Å². The number of hydrogen-bond acceptors (Lipinski definition) is 4. The zero-order valence-electron chi connectivity index (χ0n) is 16.2. The maximum atomic E-state index is 12.6. The highest BCUT2D eigenvalue weighted by Gasteiger charge is 2.21. The largest absolute Gasteiger partial charge is 0.355 e. The monoisotopic (exact) mass is 258 g/mol. The number of hydrogen-bond donors (Lipinski definition) is 0. The van der Waals surface area contributed by atoms with Crippen LogP contribution in [0.2, 0.25) is 0 Å². The van der Waals surface area contributed by atoms with Crippen LogP contribution in [-0.2, 0) is 7.05 Å². The van der Waals surface area contributed by atoms with Crippen LogP contribution in [0.15, 0.2) is 9.59 Å². The molecule has 0 aliphatic heterocycles. The van der Waals surface area contributed by atoms with Gasteiger partial charge in [-0.15, -0.1) is 0 Å². The van der Waals surface area contributed by atoms with Crippen LogP contribution in [0.4, 0.5) is 5.95 Å². The lowest BCUT2D eigenvalue weighted by molar-refractivity contribution is 0.326. The summed E-state index contributed by atoms with van der Waals surface area (Å²) in [5.41, 5.74) is -1.67. The first-order valence-electron chi connectivity index (χ1n) is 8.94. The van der Waals surface area contributed by atoms with Crippen molar-refractivity contribution >= 4 is 5.95 Å². The molecule has 1 saturated carbocycles. The van der Waals surface area contributed by atoms with Gasteiger partial charge in [0.2, 0.25) is 5.95 Å². The SMILES string of the molecule is [2H]C([2H])([2H])N(c1nc(=O)n(C2CCCCC2)c(=O)n1C)C([2H])([2H])[2H]. The molecule has 1 heterocycles. The lowest BCUT2D eigenvalue weighted by Gasteiger charge is -2.24. The molecule has 0 saturated heterocycles. The van der Waals surface area contributed by atoms with E-state index in [1.807, 2.05) is 0 Å². The van der Waals surface area contributed by atoms with E-state index in [1.54, 1.807) is 0 Å². The summed E-state index contributed by atoms with van der Waals surface area (Å²) in [6.45, 7) is -6.15. The first kappa shape index (κ1) is 7.11. The topological polar surface area (TPSA) is 60.1 Å². The van der Waals surface area contributed by atoms with Gasteiger partial charge < -0.3 is 4.90 Å². The van der Waals surface area contributed by atoms with Gasteiger partial charge in [-0.3, -0.25) is 4.57 Å². The molecule has 0 N–H and O–H groups in total. The summed E-state index contributed by atoms with van der Waals surface area (Å²) in [5, 5.41) is 0. The molecule has 1 aromatic heterocycles. The van der Waals surface area contributed by atoms with Crippen molar-refractivity contribution in [3.63, 3.8) is 0 Å². The van der Waals surface area contributed by atoms with Crippen molar-refractivity contribution in [2.45, 2.75) is 38.1 Å². The summed E-state index contributed by atoms with van der Waals surface area (Å²) < 4.78 is 46.2. The van der Waals surface area contributed by atoms with Gasteiger partial charge in [0.1, 0.15) is 0 Å². The van der Waals surface area contributed by atoms with E-state index < -0.39 is 31.3 Å². The second kappa shape index (κ2) is 4.96. The van der Waals surface area contributed by atoms with Crippen LogP contribution in [0.3, 0.4) is 0 Å². The first-order chi connectivity index (χ1) is 10.9. The fourth-order valence-electron chi connectivity index (χ4n) is 2.39. The van der Waals surface area contributed by atoms with Crippen molar-refractivity contribution in [3.05, 3.63) is 21.0 Å². The predicted octanol–water partition coefficient (Wildman–Crippen LogP) is 0.513. The molecule has 0 radical (unpaired) electrons. The second-order valence-electron chi connectivity index (χ2n) is 4.53. The van der Waals surface area contributed by atoms with Gasteiger partial charge in [-0.1, -0.05) is 19.3 Å². The van der Waals surface area contributed by atoms with Crippen molar-refractivity contribution in [2.24, 2.45) is 7.05 Å². The fraction of sp³-hybridized carbons (Fsp3) is 0.750. The lowest BCUT2D eigenvalue weighted by Crippen LogP contribution is -2.45. The molecule has 0 aromatic carbocycles. The van der Waals surface area contributed by atoms with Crippen LogP contribution in [0.1, 0.15) is 46.4 Å². The zero-order valence-corrected chi connectivity index (χ0v) is 10.2. The van der Waals surface area contributed by atoms with E-state index in [2.05, 4.69) is 4.98 Å². The third kappa shape index (κ3) is 2.19. The number of aromatic nitrogens is 3. The summed E-state index contributed by atoms with van der Waals surface area (Å²) in [4.78, 5) is 28.5. The molecule has 18 heavy (non-hydrogen) atoms. The second-order valence-corrected chi connectivity index (χ2v) is 4.53. The van der Waals surface area contributed by atoms with E-state index in [0.29, 0.717) is 12.8 Å². The lowest BCUT2D eigenvalue weighted by atomic mass is 9.95. The molecule has 100 valence electrons. The average molecular weight is 258 g/mol. The Bertz CT molecular complexity index is 700. The van der Waals surface area contributed by atoms with Crippen LogP contribution >= 0.6 is 0 Å². The highest BCUT2D eigenvalue weighted by molar-refractivity contribution is 5.25. The van der Waals surface area contributed by atoms with E-state index in [4.69, 9.17) is 8.22 Å². The standard InChI is InChI=1S/C12H20N4O2/c1-14(2)10-13-11(17)16(12(18)15(10)3)9-7-5-4-6-8-9/h9H,4-8H2,1-3H3/i1D3,2D3. The summed E-state index contributed by atoms with van der Waals surface area (Å²) in [6, 6.07) is -0.291. The quantitative estimate of drug-likeness (QED) is 0.775. The Hall–Kier alpha value is -1.59. The summed E-state index contributed by atoms with van der Waals surface area (Å²) in [6.07, 6.45) is 4.14. The normalized spacial score (nSPS) is 23.2. The molecule has 0 bridgehead atoms. The van der Waals surface area contributed by atoms with Gasteiger partial charge in [-0.25, -0.2) is 14.2 Å². The molecule has 1 aliphatic carbocycles. The van der Waals surface area contributed by atoms with Crippen molar-refractivity contribution < 1.29 is 8.22 Å². The summed E-state index contributed by atoms with van der Waals surface area (Å²) in [7, 11) is 1.22. The van der Waals surface area contributed by atoms with E-state index in [-0.39, 0.29) is 10.9 Å². The van der Waals surface area contributed by atoms with Crippen LogP contribution in [-0.4, -0.2) is 28.1 Å². The maximum absolute atomic E-state index is 12.6. The van der Waals surface area contributed by atoms with Crippen molar-refractivity contribution in [3.8, 4) is 0 Å². The molecule has 0 atom stereocenters. The van der Waals surface area contributed by atoms with Crippen LogP contribution in [0.25, 0.3) is 0 Å². The minimum Gasteiger partial charge on any atom is -0.348 e. The van der Waals surface area contributed by atoms with Crippen molar-refractivity contribution in [2.75, 3.05) is 18.9 Å². The van der Waals surface area contributed by atoms with Crippen LogP contribution in [0.5, 0.6) is 0 Å². The van der Waals surface area contributed by atoms with Gasteiger partial charge in [0.25, 0.3) is 0 Å². The molecule has 2 rings (SSSR count). The molecule has 1 fully saturated rings. The Morgan fingerprint density at radius 1 is 1.28 bits per heavy atom. The summed E-state index contributed by atoms with van der Waals surface area (Å²) >= 11 is 0. The summed E-state index contributed by atoms with van der Waals surface area (Å²) in [5.74, 6) is -0.683. The van der Waals surface area contributed by atoms with Crippen LogP contribution < -0.4 is 16.3 Å². The number of rotatable bonds is 2. The average Bonchev–Trinajstić information content (AvgIpc) is 2.42. The Morgan fingerprint density at radius 3 is 2.56 bits per heavy atom. The Balaban J connectivity index is 2.62. The first-order valence-corrected chi connectivity index (χ1v) is 5.94. The Labute approximate surface area is 114 Å². The van der Waals surface area contributed by atoms with E-state index >= 15 is 0 Å². The van der Waals surface area contributed by atoms with E-state index in [9.17, 15) is 9.59 Å². The Kier molecular flexibility index (Phi) is 1.96. The minimum absolute atomic E-state index is 0.0496. The molecule has 6 heteroatoms. The molecule has 0 amide bonds. The molecule has 1 aromatic rings. The smallest absolute Gasteiger partial charge is 0.348 e. The van der Waals surface area contributed by atoms with Gasteiger partial charge >= 0.3 is 11.4 Å². The van der Waals surface area contributed by atoms with Gasteiger partial charge in [0.15, 0.2) is 0 Å². The molecule has 0 spiro atoms. The Morgan fingerprint density at radius 2 is 1.94 bits per heavy atom. The van der Waals surface area contributed by atoms with Gasteiger partial charge in [0, 0.05) is 35.3 Å². The molecule has 6 nitrogen and oxygen atoms in total. The van der Waals surface area contributed by atoms with Crippen molar-refractivity contribution in [1.29, 1.82) is 0 Å². The van der Waals surface area contributed by atoms with Gasteiger partial charge in [0.05, 0.1) is 0 Å². The minimum atomic E-state index is -3.08. The number of nitrogens with zero attached hydrogens (tertiary/aromatic N) is 4.